The molecule has 0 fully saturated rings. The molecular formula is C21H36O2. The van der Waals surface area contributed by atoms with Gasteiger partial charge in [0.2, 0.25) is 0 Å². The number of carbonyl (C=O) groups excluding carboxylic acids is 1. The highest BCUT2D eigenvalue weighted by atomic mass is 16.5. The molecule has 0 aromatic rings. The lowest BCUT2D eigenvalue weighted by molar-refractivity contribution is -0.139. The Bertz CT molecular complexity index is 368. The molecule has 2 heteroatoms. The summed E-state index contributed by atoms with van der Waals surface area (Å²) in [4.78, 5) is 11.5. The molecule has 0 amide bonds. The molecule has 1 atom stereocenters. The van der Waals surface area contributed by atoms with Gasteiger partial charge in [0.1, 0.15) is 6.10 Å². The van der Waals surface area contributed by atoms with E-state index < -0.39 is 0 Å². The van der Waals surface area contributed by atoms with Crippen LogP contribution in [0.3, 0.4) is 0 Å². The summed E-state index contributed by atoms with van der Waals surface area (Å²) in [5.41, 5.74) is 0.885. The van der Waals surface area contributed by atoms with Crippen molar-refractivity contribution in [2.24, 2.45) is 0 Å². The van der Waals surface area contributed by atoms with E-state index in [2.05, 4.69) is 19.1 Å². The number of ether oxygens (including phenoxy) is 1. The van der Waals surface area contributed by atoms with E-state index in [1.54, 1.807) is 0 Å². The van der Waals surface area contributed by atoms with Crippen LogP contribution >= 0.6 is 0 Å². The van der Waals surface area contributed by atoms with Crippen molar-refractivity contribution in [2.75, 3.05) is 0 Å². The van der Waals surface area contributed by atoms with Crippen molar-refractivity contribution in [3.63, 3.8) is 0 Å². The van der Waals surface area contributed by atoms with Crippen LogP contribution in [0.4, 0.5) is 0 Å². The molecule has 0 unspecified atom stereocenters. The van der Waals surface area contributed by atoms with Crippen LogP contribution in [0.5, 0.6) is 0 Å². The van der Waals surface area contributed by atoms with Gasteiger partial charge in [0.15, 0.2) is 0 Å². The van der Waals surface area contributed by atoms with Gasteiger partial charge in [0.25, 0.3) is 0 Å². The van der Waals surface area contributed by atoms with Gasteiger partial charge < -0.3 is 4.74 Å². The summed E-state index contributed by atoms with van der Waals surface area (Å²) >= 11 is 0. The molecule has 0 spiro atoms. The van der Waals surface area contributed by atoms with E-state index in [9.17, 15) is 4.79 Å². The minimum Gasteiger partial charge on any atom is -0.455 e. The minimum atomic E-state index is -0.102. The van der Waals surface area contributed by atoms with Gasteiger partial charge in [-0.15, -0.1) is 0 Å². The predicted octanol–water partition coefficient (Wildman–Crippen LogP) is 6.51. The topological polar surface area (TPSA) is 26.3 Å². The maximum Gasteiger partial charge on any atom is 0.334 e. The molecule has 0 saturated heterocycles. The fraction of sp³-hybridized carbons (Fsp3) is 0.762. The molecular weight excluding hydrogens is 284 g/mol. The number of allylic oxidation sites excluding steroid dienone is 2. The van der Waals surface area contributed by atoms with Gasteiger partial charge in [-0.1, -0.05) is 64.0 Å². The van der Waals surface area contributed by atoms with Crippen LogP contribution in [0.1, 0.15) is 97.3 Å². The molecule has 0 radical (unpaired) electrons. The van der Waals surface area contributed by atoms with Gasteiger partial charge in [-0.05, 0) is 51.5 Å². The zero-order chi connectivity index (χ0) is 16.8. The zero-order valence-corrected chi connectivity index (χ0v) is 15.3. The van der Waals surface area contributed by atoms with Gasteiger partial charge in [-0.3, -0.25) is 0 Å². The second-order valence-electron chi connectivity index (χ2n) is 6.78. The third kappa shape index (κ3) is 10.4. The monoisotopic (exact) mass is 320 g/mol. The maximum atomic E-state index is 11.5. The number of esters is 1. The standard InChI is InChI=1S/C21H36O2/c1-3-4-5-6-7-8-9-10-11-12-13-14-15-16-17-20-18-19(2)23-21(20)22/h10-11,18-19H,3-9,12-17H2,1-2H3/b11-10-/t19-/m0/s1. The highest BCUT2D eigenvalue weighted by Crippen LogP contribution is 2.19. The van der Waals surface area contributed by atoms with E-state index in [4.69, 9.17) is 4.74 Å². The fourth-order valence-electron chi connectivity index (χ4n) is 3.02. The van der Waals surface area contributed by atoms with Crippen LogP contribution in [0.25, 0.3) is 0 Å². The number of hydrogen-bond acceptors (Lipinski definition) is 2. The van der Waals surface area contributed by atoms with Crippen LogP contribution < -0.4 is 0 Å². The normalized spacial score (nSPS) is 17.7. The molecule has 0 N–H and O–H groups in total. The van der Waals surface area contributed by atoms with Gasteiger partial charge >= 0.3 is 5.97 Å². The Kier molecular flexibility index (Phi) is 11.6. The minimum absolute atomic E-state index is 0.0192. The third-order valence-electron chi connectivity index (χ3n) is 4.45. The summed E-state index contributed by atoms with van der Waals surface area (Å²) in [6.45, 7) is 4.19. The number of rotatable bonds is 14. The molecule has 1 aliphatic rings. The molecule has 0 aromatic heterocycles. The van der Waals surface area contributed by atoms with E-state index in [0.717, 1.165) is 18.4 Å². The quantitative estimate of drug-likeness (QED) is 0.207. The van der Waals surface area contributed by atoms with Crippen molar-refractivity contribution in [1.82, 2.24) is 0 Å². The lowest BCUT2D eigenvalue weighted by atomic mass is 10.1. The highest BCUT2D eigenvalue weighted by Gasteiger charge is 2.20. The molecule has 2 nitrogen and oxygen atoms in total. The third-order valence-corrected chi connectivity index (χ3v) is 4.45. The number of hydrogen-bond donors (Lipinski definition) is 0. The van der Waals surface area contributed by atoms with E-state index in [-0.39, 0.29) is 12.1 Å². The first-order valence-electron chi connectivity index (χ1n) is 9.80. The summed E-state index contributed by atoms with van der Waals surface area (Å²) in [6.07, 6.45) is 23.1. The SMILES string of the molecule is CCCCCCCC/C=C\CCCCCCC1=C[C@H](C)OC1=O. The van der Waals surface area contributed by atoms with Crippen LogP contribution in [-0.2, 0) is 9.53 Å². The van der Waals surface area contributed by atoms with Gasteiger partial charge in [-0.25, -0.2) is 4.79 Å². The fourth-order valence-corrected chi connectivity index (χ4v) is 3.02. The molecule has 0 aromatic carbocycles. The first kappa shape index (κ1) is 20.0. The zero-order valence-electron chi connectivity index (χ0n) is 15.3. The van der Waals surface area contributed by atoms with Crippen LogP contribution in [0, 0.1) is 0 Å². The Morgan fingerprint density at radius 2 is 1.48 bits per heavy atom. The summed E-state index contributed by atoms with van der Waals surface area (Å²) in [5, 5.41) is 0. The van der Waals surface area contributed by atoms with Crippen LogP contribution in [0.2, 0.25) is 0 Å². The van der Waals surface area contributed by atoms with Gasteiger partial charge in [0, 0.05) is 5.57 Å². The van der Waals surface area contributed by atoms with E-state index in [0.29, 0.717) is 0 Å². The Labute approximate surface area is 143 Å². The summed E-state index contributed by atoms with van der Waals surface area (Å²) in [7, 11) is 0. The predicted molar refractivity (Wildman–Crippen MR) is 98.5 cm³/mol. The van der Waals surface area contributed by atoms with Crippen LogP contribution in [-0.4, -0.2) is 12.1 Å². The van der Waals surface area contributed by atoms with Gasteiger partial charge in [-0.2, -0.15) is 0 Å². The molecule has 1 rings (SSSR count). The Morgan fingerprint density at radius 3 is 2.04 bits per heavy atom. The van der Waals surface area contributed by atoms with Crippen molar-refractivity contribution < 1.29 is 9.53 Å². The molecule has 0 saturated carbocycles. The lowest BCUT2D eigenvalue weighted by Crippen LogP contribution is -2.03. The molecule has 0 aliphatic carbocycles. The highest BCUT2D eigenvalue weighted by molar-refractivity contribution is 5.90. The molecule has 132 valence electrons. The second kappa shape index (κ2) is 13.4. The van der Waals surface area contributed by atoms with E-state index >= 15 is 0 Å². The Morgan fingerprint density at radius 1 is 0.913 bits per heavy atom. The molecule has 0 bridgehead atoms. The van der Waals surface area contributed by atoms with Crippen molar-refractivity contribution in [2.45, 2.75) is 103 Å². The number of carbonyl (C=O) groups is 1. The Hall–Kier alpha value is -1.05. The van der Waals surface area contributed by atoms with Crippen molar-refractivity contribution in [1.29, 1.82) is 0 Å². The second-order valence-corrected chi connectivity index (χ2v) is 6.78. The smallest absolute Gasteiger partial charge is 0.334 e. The van der Waals surface area contributed by atoms with E-state index in [1.165, 1.54) is 70.6 Å². The summed E-state index contributed by atoms with van der Waals surface area (Å²) < 4.78 is 5.10. The molecule has 1 heterocycles. The largest absolute Gasteiger partial charge is 0.455 e. The average molecular weight is 321 g/mol. The average Bonchev–Trinajstić information content (AvgIpc) is 2.85. The van der Waals surface area contributed by atoms with Crippen molar-refractivity contribution in [3.8, 4) is 0 Å². The van der Waals surface area contributed by atoms with Crippen molar-refractivity contribution >= 4 is 5.97 Å². The van der Waals surface area contributed by atoms with Gasteiger partial charge in [0.05, 0.1) is 0 Å². The number of unbranched alkanes of at least 4 members (excludes halogenated alkanes) is 10. The first-order chi connectivity index (χ1) is 11.2. The van der Waals surface area contributed by atoms with E-state index in [1.807, 2.05) is 13.0 Å². The summed E-state index contributed by atoms with van der Waals surface area (Å²) in [5.74, 6) is -0.102. The van der Waals surface area contributed by atoms with Crippen LogP contribution in [0.15, 0.2) is 23.8 Å². The summed E-state index contributed by atoms with van der Waals surface area (Å²) in [6, 6.07) is 0. The lowest BCUT2D eigenvalue weighted by Gasteiger charge is -2.01. The first-order valence-corrected chi connectivity index (χ1v) is 9.80. The molecule has 23 heavy (non-hydrogen) atoms. The van der Waals surface area contributed by atoms with Crippen molar-refractivity contribution in [3.05, 3.63) is 23.8 Å². The maximum absolute atomic E-state index is 11.5. The molecule has 1 aliphatic heterocycles. The Balaban J connectivity index is 1.83. The number of cyclic esters (lactones) is 1.